The molecular weight excluding hydrogens is 693 g/mol. The van der Waals surface area contributed by atoms with Crippen molar-refractivity contribution in [2.24, 2.45) is 28.8 Å². The van der Waals surface area contributed by atoms with Gasteiger partial charge < -0.3 is 38.8 Å². The molecule has 0 saturated carbocycles. The van der Waals surface area contributed by atoms with Crippen molar-refractivity contribution < 1.29 is 51.5 Å². The third-order valence-electron chi connectivity index (χ3n) is 9.54. The molecule has 2 heterocycles. The van der Waals surface area contributed by atoms with Crippen LogP contribution in [0.1, 0.15) is 38.8 Å². The minimum absolute atomic E-state index is 0.000779. The van der Waals surface area contributed by atoms with Crippen molar-refractivity contribution in [2.75, 3.05) is 33.7 Å². The highest BCUT2D eigenvalue weighted by Crippen LogP contribution is 2.37. The molecule has 4 rings (SSSR count). The maximum absolute atomic E-state index is 12.4. The lowest BCUT2D eigenvalue weighted by Gasteiger charge is -2.43. The number of alkyl halides is 3. The Morgan fingerprint density at radius 3 is 1.76 bits per heavy atom. The number of halogens is 3. The van der Waals surface area contributed by atoms with Crippen molar-refractivity contribution in [3.05, 3.63) is 70.1 Å². The van der Waals surface area contributed by atoms with Gasteiger partial charge in [0, 0.05) is 4.91 Å². The predicted octanol–water partition coefficient (Wildman–Crippen LogP) is 6.50. The third-order valence-corrected chi connectivity index (χ3v) is 10.4. The fraction of sp³-hybridized carbons (Fsp3) is 0.629. The van der Waals surface area contributed by atoms with Gasteiger partial charge >= 0.3 is 12.1 Å². The Bertz CT molecular complexity index is 1400. The van der Waals surface area contributed by atoms with Crippen LogP contribution < -0.4 is 14.8 Å². The van der Waals surface area contributed by atoms with Crippen LogP contribution in [0.2, 0.25) is 0 Å². The fourth-order valence-electron chi connectivity index (χ4n) is 5.85. The van der Waals surface area contributed by atoms with E-state index in [1.54, 1.807) is 52.0 Å². The number of ether oxygens (including phenoxy) is 6. The summed E-state index contributed by atoms with van der Waals surface area (Å²) in [6, 6.07) is 13.9. The highest BCUT2D eigenvalue weighted by molar-refractivity contribution is 7.99. The van der Waals surface area contributed by atoms with Gasteiger partial charge in [-0.15, -0.1) is 11.8 Å². The Balaban J connectivity index is 0.000000277. The number of rotatable bonds is 13. The number of amides is 1. The average Bonchev–Trinajstić information content (AvgIpc) is 3.12. The van der Waals surface area contributed by atoms with E-state index in [9.17, 15) is 23.1 Å². The molecule has 2 fully saturated rings. The van der Waals surface area contributed by atoms with Crippen molar-refractivity contribution in [1.29, 1.82) is 0 Å². The van der Waals surface area contributed by atoms with Crippen LogP contribution in [0.25, 0.3) is 10.4 Å². The van der Waals surface area contributed by atoms with Crippen molar-refractivity contribution in [2.45, 2.75) is 83.1 Å². The zero-order valence-corrected chi connectivity index (χ0v) is 30.7. The Morgan fingerprint density at radius 1 is 0.863 bits per heavy atom. The molecule has 2 aliphatic rings. The molecule has 1 amide bonds. The number of azide groups is 1. The van der Waals surface area contributed by atoms with Gasteiger partial charge in [0.25, 0.3) is 0 Å². The largest absolute Gasteiger partial charge is 0.497 e. The summed E-state index contributed by atoms with van der Waals surface area (Å²) in [5.41, 5.74) is 10.7. The number of thioether (sulfide) groups is 1. The van der Waals surface area contributed by atoms with E-state index in [0.29, 0.717) is 19.8 Å². The quantitative estimate of drug-likeness (QED) is 0.133. The van der Waals surface area contributed by atoms with E-state index in [1.807, 2.05) is 48.0 Å². The summed E-state index contributed by atoms with van der Waals surface area (Å²) in [5, 5.41) is 15.8. The number of benzene rings is 2. The highest BCUT2D eigenvalue weighted by atomic mass is 32.2. The van der Waals surface area contributed by atoms with Crippen LogP contribution in [0.3, 0.4) is 0 Å². The van der Waals surface area contributed by atoms with E-state index in [1.165, 1.54) is 0 Å². The Labute approximate surface area is 301 Å². The monoisotopic (exact) mass is 742 g/mol. The molecule has 51 heavy (non-hydrogen) atoms. The van der Waals surface area contributed by atoms with Crippen LogP contribution >= 0.6 is 11.8 Å². The summed E-state index contributed by atoms with van der Waals surface area (Å²) in [5.74, 6) is -0.683. The van der Waals surface area contributed by atoms with Gasteiger partial charge in [-0.2, -0.15) is 13.2 Å². The number of carbonyl (C=O) groups is 1. The molecule has 0 aromatic heterocycles. The number of aliphatic hydroxyl groups excluding tert-OH is 1. The van der Waals surface area contributed by atoms with Gasteiger partial charge in [0.05, 0.1) is 64.9 Å². The molecule has 0 bridgehead atoms. The zero-order chi connectivity index (χ0) is 37.7. The summed E-state index contributed by atoms with van der Waals surface area (Å²) >= 11 is 1.58. The summed E-state index contributed by atoms with van der Waals surface area (Å²) in [7, 11) is 3.23. The van der Waals surface area contributed by atoms with E-state index in [-0.39, 0.29) is 41.9 Å². The van der Waals surface area contributed by atoms with Gasteiger partial charge in [0.2, 0.25) is 0 Å². The van der Waals surface area contributed by atoms with E-state index in [2.05, 4.69) is 23.9 Å². The molecule has 2 aliphatic heterocycles. The summed E-state index contributed by atoms with van der Waals surface area (Å²) in [6.07, 6.45) is -5.09. The molecular formula is C35H49F3N4O8S. The molecule has 16 heteroatoms. The smallest absolute Gasteiger partial charge is 0.471 e. The number of hydrogen-bond acceptors (Lipinski definition) is 10. The average molecular weight is 743 g/mol. The SMILES string of the molecule is COc1ccc(COCC2OC(O)C(NC(=O)C(F)(F)F)[C@@H](C)[C@@H]2C)cc1.COc1ccc(COCC2O[C@@H](SC)C(N=[N+]=[N-])[C@@H](C)[C@@H]2C)cc1. The fourth-order valence-corrected chi connectivity index (χ4v) is 6.68. The highest BCUT2D eigenvalue weighted by Gasteiger charge is 2.46. The Kier molecular flexibility index (Phi) is 16.6. The molecule has 0 radical (unpaired) electrons. The van der Waals surface area contributed by atoms with Crippen molar-refractivity contribution in [3.63, 3.8) is 0 Å². The zero-order valence-electron chi connectivity index (χ0n) is 29.9. The molecule has 2 aromatic rings. The second-order valence-corrected chi connectivity index (χ2v) is 13.6. The normalized spacial score (nSPS) is 29.2. The predicted molar refractivity (Wildman–Crippen MR) is 186 cm³/mol. The number of hydrogen-bond donors (Lipinski definition) is 2. The lowest BCUT2D eigenvalue weighted by atomic mass is 9.82. The first-order chi connectivity index (χ1) is 24.2. The van der Waals surface area contributed by atoms with Crippen LogP contribution in [0.15, 0.2) is 53.6 Å². The first-order valence-electron chi connectivity index (χ1n) is 16.6. The van der Waals surface area contributed by atoms with Gasteiger partial charge in [-0.1, -0.05) is 57.1 Å². The molecule has 12 nitrogen and oxygen atoms in total. The Hall–Kier alpha value is -3.24. The molecule has 0 spiro atoms. The van der Waals surface area contributed by atoms with E-state index < -0.39 is 36.4 Å². The number of carbonyl (C=O) groups excluding carboxylic acids is 1. The van der Waals surface area contributed by atoms with Crippen molar-refractivity contribution in [1.82, 2.24) is 5.32 Å². The Morgan fingerprint density at radius 2 is 1.33 bits per heavy atom. The molecule has 10 atom stereocenters. The van der Waals surface area contributed by atoms with Gasteiger partial charge in [0.15, 0.2) is 6.29 Å². The number of nitrogens with zero attached hydrogens (tertiary/aromatic N) is 3. The number of aliphatic hydroxyl groups is 1. The summed E-state index contributed by atoms with van der Waals surface area (Å²) < 4.78 is 70.6. The first-order valence-corrected chi connectivity index (χ1v) is 17.9. The molecule has 5 unspecified atom stereocenters. The second-order valence-electron chi connectivity index (χ2n) is 12.7. The van der Waals surface area contributed by atoms with E-state index >= 15 is 0 Å². The van der Waals surface area contributed by atoms with E-state index in [0.717, 1.165) is 22.6 Å². The molecule has 0 aliphatic carbocycles. The third kappa shape index (κ3) is 12.2. The lowest BCUT2D eigenvalue weighted by molar-refractivity contribution is -0.228. The molecule has 2 saturated heterocycles. The first kappa shape index (κ1) is 42.2. The topological polar surface area (TPSA) is 153 Å². The van der Waals surface area contributed by atoms with Crippen LogP contribution in [0.5, 0.6) is 11.5 Å². The maximum Gasteiger partial charge on any atom is 0.471 e. The van der Waals surface area contributed by atoms with Gasteiger partial charge in [-0.3, -0.25) is 4.79 Å². The van der Waals surface area contributed by atoms with Crippen LogP contribution in [0, 0.1) is 23.7 Å². The van der Waals surface area contributed by atoms with E-state index in [4.69, 9.17) is 34.0 Å². The molecule has 284 valence electrons. The van der Waals surface area contributed by atoms with Crippen LogP contribution in [0.4, 0.5) is 13.2 Å². The van der Waals surface area contributed by atoms with Crippen LogP contribution in [-0.2, 0) is 37.0 Å². The second kappa shape index (κ2) is 20.1. The minimum atomic E-state index is -5.01. The van der Waals surface area contributed by atoms with Crippen molar-refractivity contribution in [3.8, 4) is 11.5 Å². The standard InChI is InChI=1S/C18H24F3NO5.C17H25N3O3S/c1-10-11(2)15(22-17(24)18(19,20)21)16(23)27-14(10)9-26-8-12-4-6-13(25-3)7-5-12;1-11-12(2)16(19-20-18)17(24-4)23-15(11)10-22-9-13-5-7-14(21-3)8-6-13/h4-7,10-11,14-16,23H,8-9H2,1-3H3,(H,22,24);5-8,11-12,15-17H,9-10H2,1-4H3/t10-,11-,14?,15?,16?;11-,12-,15?,16?,17-/m00/s1. The van der Waals surface area contributed by atoms with Crippen LogP contribution in [-0.4, -0.2) is 86.9 Å². The molecule has 2 aromatic carbocycles. The minimum Gasteiger partial charge on any atom is -0.497 e. The number of methoxy groups -OCH3 is 2. The summed E-state index contributed by atoms with van der Waals surface area (Å²) in [6.45, 7) is 9.23. The van der Waals surface area contributed by atoms with Gasteiger partial charge in [-0.25, -0.2) is 0 Å². The summed E-state index contributed by atoms with van der Waals surface area (Å²) in [4.78, 5) is 14.1. The maximum atomic E-state index is 12.4. The van der Waals surface area contributed by atoms with Gasteiger partial charge in [0.1, 0.15) is 16.9 Å². The van der Waals surface area contributed by atoms with Gasteiger partial charge in [-0.05, 0) is 70.9 Å². The lowest BCUT2D eigenvalue weighted by Crippen LogP contribution is -2.59. The van der Waals surface area contributed by atoms with Crippen molar-refractivity contribution >= 4 is 17.7 Å². The molecule has 2 N–H and O–H groups in total. The number of nitrogens with one attached hydrogen (secondary N) is 1.